The average Bonchev–Trinajstić information content (AvgIpc) is 3.37. The van der Waals surface area contributed by atoms with E-state index in [0.29, 0.717) is 24.5 Å². The summed E-state index contributed by atoms with van der Waals surface area (Å²) in [5.74, 6) is -0.0178. The zero-order valence-electron chi connectivity index (χ0n) is 18.3. The van der Waals surface area contributed by atoms with E-state index in [1.54, 1.807) is 31.4 Å². The Bertz CT molecular complexity index is 1110. The molecule has 170 valence electrons. The first-order valence-corrected chi connectivity index (χ1v) is 12.8. The first-order chi connectivity index (χ1) is 16.0. The van der Waals surface area contributed by atoms with Crippen LogP contribution in [0.1, 0.15) is 6.42 Å². The van der Waals surface area contributed by atoms with Crippen molar-refractivity contribution in [1.82, 2.24) is 0 Å². The van der Waals surface area contributed by atoms with Crippen molar-refractivity contribution >= 4 is 36.7 Å². The Morgan fingerprint density at radius 3 is 1.79 bits per heavy atom. The van der Waals surface area contributed by atoms with Crippen LogP contribution in [0, 0.1) is 0 Å². The molecule has 0 aliphatic carbocycles. The molecule has 1 N–H and O–H groups in total. The number of methoxy groups -OCH3 is 1. The Balaban J connectivity index is 1.56. The molecule has 3 aromatic carbocycles. The number of anilines is 3. The van der Waals surface area contributed by atoms with Gasteiger partial charge in [0.05, 0.1) is 0 Å². The monoisotopic (exact) mass is 463 g/mol. The van der Waals surface area contributed by atoms with Crippen molar-refractivity contribution in [2.45, 2.75) is 12.1 Å². The molecule has 1 atom stereocenters. The van der Waals surface area contributed by atoms with E-state index in [-0.39, 0.29) is 18.2 Å². The third kappa shape index (κ3) is 3.54. The average molecular weight is 463 g/mol. The molecule has 0 aromatic heterocycles. The van der Waals surface area contributed by atoms with Crippen molar-refractivity contribution in [1.29, 1.82) is 0 Å². The van der Waals surface area contributed by atoms with Crippen LogP contribution in [0.4, 0.5) is 17.1 Å². The van der Waals surface area contributed by atoms with Crippen LogP contribution in [-0.2, 0) is 9.59 Å². The Morgan fingerprint density at radius 1 is 0.788 bits per heavy atom. The molecule has 2 saturated heterocycles. The van der Waals surface area contributed by atoms with E-state index >= 15 is 0 Å². The van der Waals surface area contributed by atoms with Gasteiger partial charge in [-0.25, -0.2) is 0 Å². The molecule has 2 fully saturated rings. The van der Waals surface area contributed by atoms with Gasteiger partial charge < -0.3 is 0 Å². The fraction of sp³-hybridized carbons (Fsp3) is 0.200. The number of para-hydroxylation sites is 2. The summed E-state index contributed by atoms with van der Waals surface area (Å²) >= 11 is 0. The number of carbonyl (C=O) groups is 2. The van der Waals surface area contributed by atoms with Gasteiger partial charge in [-0.3, -0.25) is 0 Å². The standard InChI is InChI=1S/C25H26N3O4P/c1-32-22-14-12-21(13-15-22)28-24(29)18-23(25(28)30)33(31)26(19-8-4-2-5-9-19)16-17-27(33)20-10-6-3-7-11-20/h2-15,23,31,33H,16-18H2,1H3. The zero-order chi connectivity index (χ0) is 23.0. The van der Waals surface area contributed by atoms with E-state index < -0.39 is 13.4 Å². The molecule has 3 aromatic rings. The molecule has 0 bridgehead atoms. The molecule has 2 amide bonds. The molecule has 2 aliphatic heterocycles. The number of hydrogen-bond donors (Lipinski definition) is 1. The Hall–Kier alpha value is -3.41. The summed E-state index contributed by atoms with van der Waals surface area (Å²) in [5, 5.41) is 0. The third-order valence-corrected chi connectivity index (χ3v) is 10.4. The second kappa shape index (κ2) is 8.50. The number of nitrogens with zero attached hydrogens (tertiary/aromatic N) is 3. The van der Waals surface area contributed by atoms with Crippen LogP contribution in [0.3, 0.4) is 0 Å². The van der Waals surface area contributed by atoms with Gasteiger partial charge in [0.1, 0.15) is 0 Å². The number of carbonyl (C=O) groups excluding carboxylic acids is 2. The summed E-state index contributed by atoms with van der Waals surface area (Å²) in [6.07, 6.45) is -0.0275. The zero-order valence-corrected chi connectivity index (χ0v) is 19.3. The van der Waals surface area contributed by atoms with Gasteiger partial charge in [0.2, 0.25) is 0 Å². The molecule has 7 nitrogen and oxygen atoms in total. The summed E-state index contributed by atoms with van der Waals surface area (Å²) < 4.78 is 9.13. The third-order valence-electron chi connectivity index (χ3n) is 6.42. The number of benzene rings is 3. The van der Waals surface area contributed by atoms with Crippen molar-refractivity contribution < 1.29 is 19.2 Å². The number of hydrogen-bond acceptors (Lipinski definition) is 6. The molecule has 0 saturated carbocycles. The topological polar surface area (TPSA) is 73.3 Å². The molecule has 8 heteroatoms. The maximum absolute atomic E-state index is 13.7. The molecule has 0 radical (unpaired) electrons. The molecular weight excluding hydrogens is 437 g/mol. The van der Waals surface area contributed by atoms with Crippen molar-refractivity contribution in [2.75, 3.05) is 34.4 Å². The Labute approximate surface area is 193 Å². The van der Waals surface area contributed by atoms with Gasteiger partial charge in [-0.15, -0.1) is 0 Å². The second-order valence-electron chi connectivity index (χ2n) is 8.18. The van der Waals surface area contributed by atoms with Gasteiger partial charge in [0.15, 0.2) is 0 Å². The van der Waals surface area contributed by atoms with Crippen LogP contribution < -0.4 is 19.0 Å². The first-order valence-electron chi connectivity index (χ1n) is 10.9. The molecule has 33 heavy (non-hydrogen) atoms. The Morgan fingerprint density at radius 2 is 1.30 bits per heavy atom. The van der Waals surface area contributed by atoms with E-state index in [1.165, 1.54) is 4.90 Å². The van der Waals surface area contributed by atoms with E-state index in [2.05, 4.69) is 0 Å². The summed E-state index contributed by atoms with van der Waals surface area (Å²) in [6, 6.07) is 26.1. The normalized spacial score (nSPS) is 20.9. The predicted octanol–water partition coefficient (Wildman–Crippen LogP) is 3.84. The van der Waals surface area contributed by atoms with Gasteiger partial charge in [-0.1, -0.05) is 0 Å². The quantitative estimate of drug-likeness (QED) is 0.458. The van der Waals surface area contributed by atoms with Gasteiger partial charge >= 0.3 is 193 Å². The van der Waals surface area contributed by atoms with Crippen LogP contribution in [0.5, 0.6) is 5.75 Å². The summed E-state index contributed by atoms with van der Waals surface area (Å²) in [5.41, 5.74) is 1.37. The van der Waals surface area contributed by atoms with Gasteiger partial charge in [0, 0.05) is 0 Å². The maximum atomic E-state index is 13.7. The SMILES string of the molecule is COc1ccc(N2C(=O)CC([PH]3(O)N(c4ccccc4)CCN3c3ccccc3)C2=O)cc1. The number of amides is 2. The molecular formula is C25H26N3O4P. The number of imide groups is 1. The van der Waals surface area contributed by atoms with Crippen LogP contribution in [-0.4, -0.2) is 42.6 Å². The van der Waals surface area contributed by atoms with Crippen LogP contribution >= 0.6 is 7.79 Å². The van der Waals surface area contributed by atoms with E-state index in [4.69, 9.17) is 4.74 Å². The minimum absolute atomic E-state index is 0.0275. The Kier molecular flexibility index (Phi) is 5.52. The molecule has 0 spiro atoms. The van der Waals surface area contributed by atoms with Crippen molar-refractivity contribution in [3.63, 3.8) is 0 Å². The molecule has 2 heterocycles. The van der Waals surface area contributed by atoms with Crippen molar-refractivity contribution in [2.24, 2.45) is 0 Å². The predicted molar refractivity (Wildman–Crippen MR) is 132 cm³/mol. The first kappa shape index (κ1) is 21.4. The molecule has 1 unspecified atom stereocenters. The summed E-state index contributed by atoms with van der Waals surface area (Å²) in [4.78, 5) is 40.4. The van der Waals surface area contributed by atoms with Crippen LogP contribution in [0.15, 0.2) is 84.9 Å². The van der Waals surface area contributed by atoms with E-state index in [0.717, 1.165) is 11.4 Å². The molecule has 5 rings (SSSR count). The fourth-order valence-corrected chi connectivity index (χ4v) is 8.71. The number of ether oxygens (including phenoxy) is 1. The van der Waals surface area contributed by atoms with Gasteiger partial charge in [-0.2, -0.15) is 0 Å². The van der Waals surface area contributed by atoms with E-state index in [9.17, 15) is 14.5 Å². The van der Waals surface area contributed by atoms with Crippen LogP contribution in [0.2, 0.25) is 0 Å². The van der Waals surface area contributed by atoms with Crippen LogP contribution in [0.25, 0.3) is 0 Å². The van der Waals surface area contributed by atoms with E-state index in [1.807, 2.05) is 70.0 Å². The summed E-state index contributed by atoms with van der Waals surface area (Å²) in [7, 11) is -2.10. The van der Waals surface area contributed by atoms with Gasteiger partial charge in [0.25, 0.3) is 0 Å². The summed E-state index contributed by atoms with van der Waals surface area (Å²) in [6.45, 7) is 1.14. The number of rotatable bonds is 5. The van der Waals surface area contributed by atoms with Gasteiger partial charge in [-0.05, 0) is 0 Å². The van der Waals surface area contributed by atoms with Crippen molar-refractivity contribution in [3.05, 3.63) is 84.9 Å². The van der Waals surface area contributed by atoms with Crippen molar-refractivity contribution in [3.8, 4) is 5.75 Å². The molecule has 2 aliphatic rings. The second-order valence-corrected chi connectivity index (χ2v) is 11.3. The fourth-order valence-electron chi connectivity index (χ4n) is 4.84. The minimum atomic E-state index is -3.66.